The lowest BCUT2D eigenvalue weighted by Crippen LogP contribution is -2.54. The molecule has 0 saturated carbocycles. The number of carbonyl (C=O) groups is 1. The normalized spacial score (nSPS) is 24.8. The van der Waals surface area contributed by atoms with Gasteiger partial charge in [0, 0.05) is 24.0 Å². The Morgan fingerprint density at radius 1 is 1.44 bits per heavy atom. The number of amides is 1. The van der Waals surface area contributed by atoms with Gasteiger partial charge < -0.3 is 5.73 Å². The number of anilines is 1. The number of pyridine rings is 1. The lowest BCUT2D eigenvalue weighted by atomic mass is 10.00. The molecule has 1 aliphatic heterocycles. The highest BCUT2D eigenvalue weighted by Crippen LogP contribution is 2.20. The molecule has 5 heteroatoms. The second-order valence-corrected chi connectivity index (χ2v) is 4.95. The van der Waals surface area contributed by atoms with Crippen LogP contribution in [-0.2, 0) is 0 Å². The highest BCUT2D eigenvalue weighted by Gasteiger charge is 2.26. The average molecular weight is 248 g/mol. The third-order valence-corrected chi connectivity index (χ3v) is 3.44. The van der Waals surface area contributed by atoms with Crippen LogP contribution in [-0.4, -0.2) is 28.0 Å². The van der Waals surface area contributed by atoms with Crippen LogP contribution in [0.3, 0.4) is 0 Å². The summed E-state index contributed by atoms with van der Waals surface area (Å²) in [6.07, 6.45) is 4.97. The van der Waals surface area contributed by atoms with E-state index in [1.807, 2.05) is 5.01 Å². The zero-order chi connectivity index (χ0) is 13.1. The van der Waals surface area contributed by atoms with Gasteiger partial charge in [-0.05, 0) is 38.8 Å². The van der Waals surface area contributed by atoms with E-state index in [2.05, 4.69) is 24.3 Å². The Kier molecular flexibility index (Phi) is 3.81. The number of aromatic nitrogens is 1. The van der Waals surface area contributed by atoms with Gasteiger partial charge in [-0.15, -0.1) is 0 Å². The summed E-state index contributed by atoms with van der Waals surface area (Å²) in [6, 6.07) is 3.98. The van der Waals surface area contributed by atoms with E-state index in [0.717, 1.165) is 12.8 Å². The Morgan fingerprint density at radius 2 is 2.11 bits per heavy atom. The number of piperidine rings is 1. The van der Waals surface area contributed by atoms with Crippen molar-refractivity contribution >= 4 is 11.6 Å². The summed E-state index contributed by atoms with van der Waals surface area (Å²) in [5, 5.41) is 2.02. The smallest absolute Gasteiger partial charge is 0.284 e. The Bertz CT molecular complexity index is 425. The van der Waals surface area contributed by atoms with Gasteiger partial charge in [0.05, 0.1) is 0 Å². The molecule has 1 amide bonds. The Balaban J connectivity index is 2.06. The number of hydrazine groups is 1. The average Bonchev–Trinajstić information content (AvgIpc) is 2.34. The van der Waals surface area contributed by atoms with Crippen molar-refractivity contribution < 1.29 is 4.79 Å². The SMILES string of the molecule is CC1CCCC(C)N1NC(=O)c1cc(N)ccn1. The van der Waals surface area contributed by atoms with Gasteiger partial charge in [-0.1, -0.05) is 6.42 Å². The van der Waals surface area contributed by atoms with Gasteiger partial charge >= 0.3 is 0 Å². The molecule has 0 aliphatic carbocycles. The van der Waals surface area contributed by atoms with Gasteiger partial charge in [0.2, 0.25) is 0 Å². The van der Waals surface area contributed by atoms with Crippen molar-refractivity contribution in [2.75, 3.05) is 5.73 Å². The van der Waals surface area contributed by atoms with Crippen molar-refractivity contribution in [2.45, 2.75) is 45.2 Å². The maximum absolute atomic E-state index is 12.1. The van der Waals surface area contributed by atoms with Crippen LogP contribution in [0, 0.1) is 0 Å². The molecule has 0 radical (unpaired) electrons. The summed E-state index contributed by atoms with van der Waals surface area (Å²) in [4.78, 5) is 16.1. The molecule has 1 fully saturated rings. The van der Waals surface area contributed by atoms with Gasteiger partial charge in [-0.25, -0.2) is 5.01 Å². The highest BCUT2D eigenvalue weighted by molar-refractivity contribution is 5.92. The fourth-order valence-electron chi connectivity index (χ4n) is 2.39. The quantitative estimate of drug-likeness (QED) is 0.833. The molecule has 2 unspecified atom stereocenters. The first-order valence-corrected chi connectivity index (χ1v) is 6.39. The second-order valence-electron chi connectivity index (χ2n) is 4.95. The largest absolute Gasteiger partial charge is 0.399 e. The van der Waals surface area contributed by atoms with Crippen molar-refractivity contribution in [2.24, 2.45) is 0 Å². The first kappa shape index (κ1) is 12.8. The van der Waals surface area contributed by atoms with Crippen LogP contribution in [0.2, 0.25) is 0 Å². The van der Waals surface area contributed by atoms with E-state index < -0.39 is 0 Å². The molecule has 5 nitrogen and oxygen atoms in total. The van der Waals surface area contributed by atoms with Crippen LogP contribution in [0.1, 0.15) is 43.6 Å². The standard InChI is InChI=1S/C13H20N4O/c1-9-4-3-5-10(2)17(9)16-13(18)12-8-11(14)6-7-15-12/h6-10H,3-5H2,1-2H3,(H2,14,15)(H,16,18). The van der Waals surface area contributed by atoms with Gasteiger partial charge in [0.25, 0.3) is 5.91 Å². The predicted octanol–water partition coefficient (Wildman–Crippen LogP) is 1.57. The van der Waals surface area contributed by atoms with Crippen molar-refractivity contribution in [1.29, 1.82) is 0 Å². The van der Waals surface area contributed by atoms with E-state index in [-0.39, 0.29) is 5.91 Å². The number of nitrogens with one attached hydrogen (secondary N) is 1. The van der Waals surface area contributed by atoms with E-state index in [9.17, 15) is 4.79 Å². The van der Waals surface area contributed by atoms with Crippen molar-refractivity contribution in [3.8, 4) is 0 Å². The van der Waals surface area contributed by atoms with Crippen molar-refractivity contribution in [3.63, 3.8) is 0 Å². The Hall–Kier alpha value is -1.62. The van der Waals surface area contributed by atoms with E-state index in [0.29, 0.717) is 23.5 Å². The fourth-order valence-corrected chi connectivity index (χ4v) is 2.39. The van der Waals surface area contributed by atoms with Gasteiger partial charge in [-0.3, -0.25) is 15.2 Å². The molecular weight excluding hydrogens is 228 g/mol. The lowest BCUT2D eigenvalue weighted by molar-refractivity contribution is 0.0366. The van der Waals surface area contributed by atoms with Crippen LogP contribution in [0.5, 0.6) is 0 Å². The molecule has 18 heavy (non-hydrogen) atoms. The molecule has 1 aliphatic rings. The molecule has 98 valence electrons. The maximum atomic E-state index is 12.1. The van der Waals surface area contributed by atoms with Crippen molar-refractivity contribution in [1.82, 2.24) is 15.4 Å². The molecule has 0 spiro atoms. The van der Waals surface area contributed by atoms with E-state index in [4.69, 9.17) is 5.73 Å². The molecular formula is C13H20N4O. The molecule has 0 aromatic carbocycles. The summed E-state index contributed by atoms with van der Waals surface area (Å²) in [5.74, 6) is -0.192. The second kappa shape index (κ2) is 5.35. The number of hydrogen-bond donors (Lipinski definition) is 2. The minimum atomic E-state index is -0.192. The summed E-state index contributed by atoms with van der Waals surface area (Å²) in [5.41, 5.74) is 9.50. The minimum Gasteiger partial charge on any atom is -0.399 e. The van der Waals surface area contributed by atoms with E-state index in [1.54, 1.807) is 18.3 Å². The Labute approximate surface area is 107 Å². The molecule has 3 N–H and O–H groups in total. The molecule has 2 rings (SSSR count). The van der Waals surface area contributed by atoms with Crippen LogP contribution in [0.25, 0.3) is 0 Å². The molecule has 0 bridgehead atoms. The summed E-state index contributed by atoms with van der Waals surface area (Å²) in [6.45, 7) is 4.26. The fraction of sp³-hybridized carbons (Fsp3) is 0.538. The zero-order valence-electron chi connectivity index (χ0n) is 10.9. The monoisotopic (exact) mass is 248 g/mol. The van der Waals surface area contributed by atoms with Crippen LogP contribution >= 0.6 is 0 Å². The third-order valence-electron chi connectivity index (χ3n) is 3.44. The minimum absolute atomic E-state index is 0.192. The number of carbonyl (C=O) groups excluding carboxylic acids is 1. The van der Waals surface area contributed by atoms with Gasteiger partial charge in [0.1, 0.15) is 5.69 Å². The van der Waals surface area contributed by atoms with E-state index >= 15 is 0 Å². The predicted molar refractivity (Wildman–Crippen MR) is 70.7 cm³/mol. The molecule has 1 saturated heterocycles. The first-order chi connectivity index (χ1) is 8.58. The zero-order valence-corrected chi connectivity index (χ0v) is 10.9. The topological polar surface area (TPSA) is 71.2 Å². The number of rotatable bonds is 2. The summed E-state index contributed by atoms with van der Waals surface area (Å²) < 4.78 is 0. The number of hydrogen-bond acceptors (Lipinski definition) is 4. The molecule has 2 atom stereocenters. The molecule has 1 aromatic heterocycles. The number of nitrogen functional groups attached to an aromatic ring is 1. The summed E-state index contributed by atoms with van der Waals surface area (Å²) in [7, 11) is 0. The maximum Gasteiger partial charge on any atom is 0.284 e. The lowest BCUT2D eigenvalue weighted by Gasteiger charge is -2.38. The van der Waals surface area contributed by atoms with Gasteiger partial charge in [0.15, 0.2) is 0 Å². The van der Waals surface area contributed by atoms with Crippen LogP contribution in [0.15, 0.2) is 18.3 Å². The molecule has 1 aromatic rings. The van der Waals surface area contributed by atoms with Crippen LogP contribution < -0.4 is 11.2 Å². The van der Waals surface area contributed by atoms with Gasteiger partial charge in [-0.2, -0.15) is 0 Å². The molecule has 2 heterocycles. The highest BCUT2D eigenvalue weighted by atomic mass is 16.2. The van der Waals surface area contributed by atoms with E-state index in [1.165, 1.54) is 6.42 Å². The number of nitrogens with zero attached hydrogens (tertiary/aromatic N) is 2. The number of nitrogens with two attached hydrogens (primary N) is 1. The van der Waals surface area contributed by atoms with Crippen molar-refractivity contribution in [3.05, 3.63) is 24.0 Å². The first-order valence-electron chi connectivity index (χ1n) is 6.39. The Morgan fingerprint density at radius 3 is 2.72 bits per heavy atom. The van der Waals surface area contributed by atoms with Crippen LogP contribution in [0.4, 0.5) is 5.69 Å². The summed E-state index contributed by atoms with van der Waals surface area (Å²) >= 11 is 0. The third kappa shape index (κ3) is 2.79.